The summed E-state index contributed by atoms with van der Waals surface area (Å²) in [5.74, 6) is 0.784. The van der Waals surface area contributed by atoms with E-state index in [0.29, 0.717) is 8.96 Å². The maximum atomic E-state index is 11.5. The standard InChI is InChI=1S/C14H10Br2O2/c1-18-11-4-2-9(3-5-11)6-10-7-12(15)14(17)13(16)8-10/h2-8H,1H3. The number of carbonyl (C=O) groups is 1. The minimum Gasteiger partial charge on any atom is -0.497 e. The van der Waals surface area contributed by atoms with Crippen LogP contribution < -0.4 is 4.74 Å². The van der Waals surface area contributed by atoms with Crippen LogP contribution in [0.5, 0.6) is 5.75 Å². The molecule has 0 atom stereocenters. The van der Waals surface area contributed by atoms with Gasteiger partial charge in [-0.2, -0.15) is 0 Å². The van der Waals surface area contributed by atoms with Gasteiger partial charge in [0.15, 0.2) is 0 Å². The number of rotatable bonds is 2. The quantitative estimate of drug-likeness (QED) is 0.780. The molecule has 1 aliphatic rings. The van der Waals surface area contributed by atoms with Gasteiger partial charge in [-0.25, -0.2) is 0 Å². The van der Waals surface area contributed by atoms with Crippen molar-refractivity contribution < 1.29 is 9.53 Å². The van der Waals surface area contributed by atoms with Crippen molar-refractivity contribution in [2.75, 3.05) is 7.11 Å². The van der Waals surface area contributed by atoms with Crippen LogP contribution in [0.25, 0.3) is 6.08 Å². The molecule has 4 heteroatoms. The highest BCUT2D eigenvalue weighted by Crippen LogP contribution is 2.27. The van der Waals surface area contributed by atoms with Crippen molar-refractivity contribution in [3.8, 4) is 5.75 Å². The lowest BCUT2D eigenvalue weighted by Crippen LogP contribution is -2.01. The Bertz CT molecular complexity index is 542. The molecule has 18 heavy (non-hydrogen) atoms. The van der Waals surface area contributed by atoms with Crippen molar-refractivity contribution in [2.45, 2.75) is 0 Å². The summed E-state index contributed by atoms with van der Waals surface area (Å²) in [6.07, 6.45) is 5.60. The zero-order chi connectivity index (χ0) is 13.1. The lowest BCUT2D eigenvalue weighted by atomic mass is 10.1. The molecule has 0 aliphatic heterocycles. The predicted octanol–water partition coefficient (Wildman–Crippen LogP) is 4.22. The normalized spacial score (nSPS) is 15.1. The summed E-state index contributed by atoms with van der Waals surface area (Å²) in [6, 6.07) is 7.73. The van der Waals surface area contributed by atoms with Crippen LogP contribution in [0.1, 0.15) is 5.56 Å². The first kappa shape index (κ1) is 13.3. The van der Waals surface area contributed by atoms with Crippen LogP contribution in [0.4, 0.5) is 0 Å². The number of ether oxygens (including phenoxy) is 1. The molecule has 0 saturated heterocycles. The monoisotopic (exact) mass is 368 g/mol. The van der Waals surface area contributed by atoms with Crippen LogP contribution >= 0.6 is 31.9 Å². The average Bonchev–Trinajstić information content (AvgIpc) is 2.37. The molecule has 0 unspecified atom stereocenters. The molecule has 0 amide bonds. The summed E-state index contributed by atoms with van der Waals surface area (Å²) in [5.41, 5.74) is 2.01. The second-order valence-electron chi connectivity index (χ2n) is 3.73. The van der Waals surface area contributed by atoms with Gasteiger partial charge in [0.25, 0.3) is 0 Å². The Morgan fingerprint density at radius 2 is 1.61 bits per heavy atom. The lowest BCUT2D eigenvalue weighted by molar-refractivity contribution is -0.110. The first-order valence-corrected chi connectivity index (χ1v) is 6.83. The Labute approximate surface area is 122 Å². The van der Waals surface area contributed by atoms with E-state index in [1.54, 1.807) is 19.3 Å². The van der Waals surface area contributed by atoms with E-state index in [1.807, 2.05) is 30.3 Å². The molecule has 92 valence electrons. The molecule has 0 N–H and O–H groups in total. The first-order valence-electron chi connectivity index (χ1n) is 5.25. The fraction of sp³-hybridized carbons (Fsp3) is 0.0714. The van der Waals surface area contributed by atoms with Gasteiger partial charge in [-0.15, -0.1) is 0 Å². The van der Waals surface area contributed by atoms with E-state index in [4.69, 9.17) is 4.74 Å². The van der Waals surface area contributed by atoms with Gasteiger partial charge in [-0.1, -0.05) is 12.1 Å². The van der Waals surface area contributed by atoms with Crippen LogP contribution in [0.2, 0.25) is 0 Å². The van der Waals surface area contributed by atoms with Crippen LogP contribution in [0.15, 0.2) is 51.0 Å². The Morgan fingerprint density at radius 3 is 2.11 bits per heavy atom. The predicted molar refractivity (Wildman–Crippen MR) is 80.0 cm³/mol. The van der Waals surface area contributed by atoms with Gasteiger partial charge in [0.1, 0.15) is 5.75 Å². The van der Waals surface area contributed by atoms with E-state index >= 15 is 0 Å². The highest BCUT2D eigenvalue weighted by molar-refractivity contribution is 9.13. The maximum absolute atomic E-state index is 11.5. The molecule has 1 aromatic carbocycles. The van der Waals surface area contributed by atoms with Crippen molar-refractivity contribution in [1.29, 1.82) is 0 Å². The maximum Gasteiger partial charge on any atom is 0.206 e. The Kier molecular flexibility index (Phi) is 4.19. The molecule has 0 heterocycles. The largest absolute Gasteiger partial charge is 0.497 e. The molecule has 2 nitrogen and oxygen atoms in total. The van der Waals surface area contributed by atoms with Crippen LogP contribution in [0.3, 0.4) is 0 Å². The Balaban J connectivity index is 2.30. The third-order valence-corrected chi connectivity index (χ3v) is 3.65. The zero-order valence-corrected chi connectivity index (χ0v) is 12.8. The third kappa shape index (κ3) is 3.00. The van der Waals surface area contributed by atoms with E-state index in [-0.39, 0.29) is 5.78 Å². The number of benzene rings is 1. The van der Waals surface area contributed by atoms with Gasteiger partial charge in [-0.3, -0.25) is 4.79 Å². The molecular formula is C14H10Br2O2. The van der Waals surface area contributed by atoms with Gasteiger partial charge in [0, 0.05) is 0 Å². The summed E-state index contributed by atoms with van der Waals surface area (Å²) in [7, 11) is 1.64. The molecule has 0 saturated carbocycles. The highest BCUT2D eigenvalue weighted by Gasteiger charge is 2.15. The fourth-order valence-electron chi connectivity index (χ4n) is 1.56. The molecule has 2 rings (SSSR count). The smallest absolute Gasteiger partial charge is 0.206 e. The third-order valence-electron chi connectivity index (χ3n) is 2.47. The minimum absolute atomic E-state index is 0.0399. The van der Waals surface area contributed by atoms with Crippen LogP contribution in [0, 0.1) is 0 Å². The summed E-state index contributed by atoms with van der Waals surface area (Å²) in [4.78, 5) is 11.5. The minimum atomic E-state index is -0.0399. The molecule has 0 spiro atoms. The van der Waals surface area contributed by atoms with Crippen LogP contribution in [-0.2, 0) is 4.79 Å². The fourth-order valence-corrected chi connectivity index (χ4v) is 2.78. The van der Waals surface area contributed by atoms with Crippen molar-refractivity contribution in [3.63, 3.8) is 0 Å². The SMILES string of the molecule is COc1ccc(C=C2C=C(Br)C(=O)C(Br)=C2)cc1. The molecule has 1 aromatic rings. The van der Waals surface area contributed by atoms with Crippen LogP contribution in [-0.4, -0.2) is 12.9 Å². The van der Waals surface area contributed by atoms with E-state index in [2.05, 4.69) is 31.9 Å². The number of methoxy groups -OCH3 is 1. The molecular weight excluding hydrogens is 360 g/mol. The Hall–Kier alpha value is -1.13. The lowest BCUT2D eigenvalue weighted by Gasteiger charge is -2.07. The second kappa shape index (κ2) is 5.67. The Morgan fingerprint density at radius 1 is 1.06 bits per heavy atom. The topological polar surface area (TPSA) is 26.3 Å². The van der Waals surface area contributed by atoms with Gasteiger partial charge in [0.2, 0.25) is 5.78 Å². The van der Waals surface area contributed by atoms with E-state index < -0.39 is 0 Å². The van der Waals surface area contributed by atoms with Crippen molar-refractivity contribution in [1.82, 2.24) is 0 Å². The second-order valence-corrected chi connectivity index (χ2v) is 5.44. The van der Waals surface area contributed by atoms with Gasteiger partial charge in [-0.05, 0) is 73.4 Å². The number of hydrogen-bond acceptors (Lipinski definition) is 2. The molecule has 0 bridgehead atoms. The highest BCUT2D eigenvalue weighted by atomic mass is 79.9. The summed E-state index contributed by atoms with van der Waals surface area (Å²) >= 11 is 6.50. The number of hydrogen-bond donors (Lipinski definition) is 0. The van der Waals surface area contributed by atoms with E-state index in [1.165, 1.54) is 0 Å². The molecule has 1 aliphatic carbocycles. The summed E-state index contributed by atoms with van der Waals surface area (Å²) in [5, 5.41) is 0. The summed E-state index contributed by atoms with van der Waals surface area (Å²) < 4.78 is 6.21. The first-order chi connectivity index (χ1) is 8.60. The van der Waals surface area contributed by atoms with Crippen molar-refractivity contribution >= 4 is 43.7 Å². The number of ketones is 1. The van der Waals surface area contributed by atoms with Gasteiger partial charge in [0.05, 0.1) is 16.1 Å². The number of halogens is 2. The summed E-state index contributed by atoms with van der Waals surface area (Å²) in [6.45, 7) is 0. The van der Waals surface area contributed by atoms with Gasteiger partial charge < -0.3 is 4.74 Å². The van der Waals surface area contributed by atoms with E-state index in [0.717, 1.165) is 16.9 Å². The van der Waals surface area contributed by atoms with Crippen molar-refractivity contribution in [2.24, 2.45) is 0 Å². The molecule has 0 aromatic heterocycles. The van der Waals surface area contributed by atoms with Gasteiger partial charge >= 0.3 is 0 Å². The zero-order valence-electron chi connectivity index (χ0n) is 9.61. The van der Waals surface area contributed by atoms with E-state index in [9.17, 15) is 4.79 Å². The number of Topliss-reactive ketones (excluding diaryl/α,β-unsaturated/α-hetero) is 1. The average molecular weight is 370 g/mol. The molecule has 0 radical (unpaired) electrons. The number of carbonyl (C=O) groups excluding carboxylic acids is 1. The number of allylic oxidation sites excluding steroid dienone is 5. The molecule has 0 fully saturated rings. The van der Waals surface area contributed by atoms with Crippen molar-refractivity contribution in [3.05, 3.63) is 56.5 Å².